The van der Waals surface area contributed by atoms with E-state index in [0.29, 0.717) is 0 Å². The molecule has 0 amide bonds. The topological polar surface area (TPSA) is 29.5 Å². The van der Waals surface area contributed by atoms with E-state index in [4.69, 9.17) is 4.74 Å². The Balaban J connectivity index is 1.82. The highest BCUT2D eigenvalue weighted by Crippen LogP contribution is 2.40. The second-order valence-corrected chi connectivity index (χ2v) is 7.93. The average Bonchev–Trinajstić information content (AvgIpc) is 2.84. The summed E-state index contributed by atoms with van der Waals surface area (Å²) >= 11 is 0. The number of benzene rings is 3. The summed E-state index contributed by atoms with van der Waals surface area (Å²) < 4.78 is 5.38. The maximum absolute atomic E-state index is 13.9. The molecule has 1 saturated heterocycles. The molecule has 4 rings (SSSR count). The first-order chi connectivity index (χ1) is 14.8. The third kappa shape index (κ3) is 4.47. The number of piperidine rings is 1. The summed E-state index contributed by atoms with van der Waals surface area (Å²) in [5.41, 5.74) is 3.00. The first-order valence-electron chi connectivity index (χ1n) is 10.8. The van der Waals surface area contributed by atoms with Gasteiger partial charge in [0, 0.05) is 11.6 Å². The van der Waals surface area contributed by atoms with Crippen LogP contribution in [0.2, 0.25) is 0 Å². The normalized spacial score (nSPS) is 16.6. The Morgan fingerprint density at radius 3 is 1.97 bits per heavy atom. The molecule has 30 heavy (non-hydrogen) atoms. The van der Waals surface area contributed by atoms with Crippen molar-refractivity contribution in [2.24, 2.45) is 0 Å². The summed E-state index contributed by atoms with van der Waals surface area (Å²) in [6, 6.07) is 28.2. The van der Waals surface area contributed by atoms with Gasteiger partial charge < -0.3 is 4.74 Å². The minimum Gasteiger partial charge on any atom is -0.497 e. The Morgan fingerprint density at radius 1 is 0.767 bits per heavy atom. The largest absolute Gasteiger partial charge is 0.497 e. The zero-order valence-corrected chi connectivity index (χ0v) is 17.5. The lowest BCUT2D eigenvalue weighted by Crippen LogP contribution is -2.39. The van der Waals surface area contributed by atoms with E-state index in [1.54, 1.807) is 7.11 Å². The first-order valence-corrected chi connectivity index (χ1v) is 10.8. The summed E-state index contributed by atoms with van der Waals surface area (Å²) in [6.07, 6.45) is 3.61. The average molecular weight is 400 g/mol. The molecule has 0 bridgehead atoms. The van der Waals surface area contributed by atoms with Crippen LogP contribution in [-0.2, 0) is 0 Å². The Bertz CT molecular complexity index is 932. The SMILES string of the molecule is COc1ccc(C(C(C(=O)c2ccccc2)c2ccccc2)N2CCCCC2)cc1. The molecule has 154 valence electrons. The van der Waals surface area contributed by atoms with Crippen LogP contribution in [0.15, 0.2) is 84.9 Å². The Morgan fingerprint density at radius 2 is 1.37 bits per heavy atom. The summed E-state index contributed by atoms with van der Waals surface area (Å²) in [4.78, 5) is 16.4. The molecule has 0 saturated carbocycles. The Hall–Kier alpha value is -2.91. The predicted octanol–water partition coefficient (Wildman–Crippen LogP) is 5.89. The van der Waals surface area contributed by atoms with E-state index < -0.39 is 0 Å². The zero-order chi connectivity index (χ0) is 20.8. The van der Waals surface area contributed by atoms with E-state index in [2.05, 4.69) is 29.2 Å². The minimum atomic E-state index is -0.264. The van der Waals surface area contributed by atoms with Gasteiger partial charge in [0.2, 0.25) is 0 Å². The summed E-state index contributed by atoms with van der Waals surface area (Å²) in [5.74, 6) is 0.745. The molecule has 3 nitrogen and oxygen atoms in total. The molecule has 3 heteroatoms. The van der Waals surface area contributed by atoms with Crippen LogP contribution in [0, 0.1) is 0 Å². The van der Waals surface area contributed by atoms with Crippen LogP contribution >= 0.6 is 0 Å². The van der Waals surface area contributed by atoms with Crippen molar-refractivity contribution in [3.8, 4) is 5.75 Å². The highest BCUT2D eigenvalue weighted by atomic mass is 16.5. The third-order valence-electron chi connectivity index (χ3n) is 6.06. The van der Waals surface area contributed by atoms with Crippen LogP contribution in [0.4, 0.5) is 0 Å². The number of carbonyl (C=O) groups is 1. The number of nitrogens with zero attached hydrogens (tertiary/aromatic N) is 1. The van der Waals surface area contributed by atoms with Crippen LogP contribution in [0.1, 0.15) is 52.7 Å². The van der Waals surface area contributed by atoms with Gasteiger partial charge in [-0.1, -0.05) is 79.2 Å². The molecule has 1 fully saturated rings. The van der Waals surface area contributed by atoms with Crippen molar-refractivity contribution >= 4 is 5.78 Å². The maximum Gasteiger partial charge on any atom is 0.172 e. The lowest BCUT2D eigenvalue weighted by Gasteiger charge is -2.39. The molecule has 0 N–H and O–H groups in total. The maximum atomic E-state index is 13.9. The molecule has 2 atom stereocenters. The number of hydrogen-bond acceptors (Lipinski definition) is 3. The third-order valence-corrected chi connectivity index (χ3v) is 6.06. The van der Waals surface area contributed by atoms with Crippen molar-refractivity contribution in [1.82, 2.24) is 4.90 Å². The predicted molar refractivity (Wildman–Crippen MR) is 121 cm³/mol. The van der Waals surface area contributed by atoms with Crippen LogP contribution < -0.4 is 4.74 Å². The van der Waals surface area contributed by atoms with E-state index in [9.17, 15) is 4.79 Å². The molecule has 1 aliphatic rings. The number of carbonyl (C=O) groups excluding carboxylic acids is 1. The van der Waals surface area contributed by atoms with Crippen molar-refractivity contribution in [3.05, 3.63) is 102 Å². The minimum absolute atomic E-state index is 0.00804. The van der Waals surface area contributed by atoms with Gasteiger partial charge in [-0.25, -0.2) is 0 Å². The fraction of sp³-hybridized carbons (Fsp3) is 0.296. The quantitative estimate of drug-likeness (QED) is 0.464. The van der Waals surface area contributed by atoms with Gasteiger partial charge in [0.05, 0.1) is 13.0 Å². The standard InChI is InChI=1S/C27H29NO2/c1-30-24-17-15-22(16-18-24)26(28-19-9-4-10-20-28)25(21-11-5-2-6-12-21)27(29)23-13-7-3-8-14-23/h2-3,5-8,11-18,25-26H,4,9-10,19-20H2,1H3. The van der Waals surface area contributed by atoms with Crippen molar-refractivity contribution < 1.29 is 9.53 Å². The number of likely N-dealkylation sites (tertiary alicyclic amines) is 1. The number of ether oxygens (including phenoxy) is 1. The molecule has 3 aromatic carbocycles. The van der Waals surface area contributed by atoms with E-state index in [-0.39, 0.29) is 17.7 Å². The van der Waals surface area contributed by atoms with Crippen molar-refractivity contribution in [1.29, 1.82) is 0 Å². The Kier molecular flexibility index (Phi) is 6.60. The van der Waals surface area contributed by atoms with Gasteiger partial charge in [-0.15, -0.1) is 0 Å². The van der Waals surface area contributed by atoms with Crippen LogP contribution in [-0.4, -0.2) is 30.9 Å². The lowest BCUT2D eigenvalue weighted by molar-refractivity contribution is 0.0835. The molecule has 0 aromatic heterocycles. The molecule has 0 aliphatic carbocycles. The smallest absolute Gasteiger partial charge is 0.172 e. The zero-order valence-electron chi connectivity index (χ0n) is 17.5. The fourth-order valence-electron chi connectivity index (χ4n) is 4.53. The van der Waals surface area contributed by atoms with Crippen LogP contribution in [0.25, 0.3) is 0 Å². The number of methoxy groups -OCH3 is 1. The molecule has 0 radical (unpaired) electrons. The van der Waals surface area contributed by atoms with E-state index in [1.807, 2.05) is 60.7 Å². The van der Waals surface area contributed by atoms with Crippen molar-refractivity contribution in [2.75, 3.05) is 20.2 Å². The lowest BCUT2D eigenvalue weighted by atomic mass is 9.80. The van der Waals surface area contributed by atoms with Crippen molar-refractivity contribution in [2.45, 2.75) is 31.2 Å². The second-order valence-electron chi connectivity index (χ2n) is 7.93. The summed E-state index contributed by atoms with van der Waals surface area (Å²) in [7, 11) is 1.68. The fourth-order valence-corrected chi connectivity index (χ4v) is 4.53. The highest BCUT2D eigenvalue weighted by Gasteiger charge is 2.36. The van der Waals surface area contributed by atoms with Gasteiger partial charge in [-0.2, -0.15) is 0 Å². The van der Waals surface area contributed by atoms with Gasteiger partial charge in [0.25, 0.3) is 0 Å². The molecule has 1 aliphatic heterocycles. The monoisotopic (exact) mass is 399 g/mol. The molecule has 3 aromatic rings. The van der Waals surface area contributed by atoms with Crippen LogP contribution in [0.3, 0.4) is 0 Å². The molecule has 1 heterocycles. The number of rotatable bonds is 7. The van der Waals surface area contributed by atoms with Gasteiger partial charge in [-0.3, -0.25) is 9.69 Å². The number of Topliss-reactive ketones (excluding diaryl/α,β-unsaturated/α-hetero) is 1. The van der Waals surface area contributed by atoms with E-state index in [1.165, 1.54) is 19.3 Å². The van der Waals surface area contributed by atoms with Crippen LogP contribution in [0.5, 0.6) is 5.75 Å². The Labute approximate surface area is 179 Å². The van der Waals surface area contributed by atoms with E-state index in [0.717, 1.165) is 35.5 Å². The highest BCUT2D eigenvalue weighted by molar-refractivity contribution is 6.01. The van der Waals surface area contributed by atoms with Crippen molar-refractivity contribution in [3.63, 3.8) is 0 Å². The van der Waals surface area contributed by atoms with Gasteiger partial charge in [-0.05, 0) is 49.2 Å². The number of ketones is 1. The summed E-state index contributed by atoms with van der Waals surface area (Å²) in [5, 5.41) is 0. The molecular weight excluding hydrogens is 370 g/mol. The first kappa shape index (κ1) is 20.4. The van der Waals surface area contributed by atoms with Gasteiger partial charge in [0.15, 0.2) is 5.78 Å². The molecule has 0 spiro atoms. The second kappa shape index (κ2) is 9.73. The van der Waals surface area contributed by atoms with E-state index >= 15 is 0 Å². The number of hydrogen-bond donors (Lipinski definition) is 0. The molecule has 2 unspecified atom stereocenters. The summed E-state index contributed by atoms with van der Waals surface area (Å²) in [6.45, 7) is 2.03. The molecular formula is C27H29NO2. The van der Waals surface area contributed by atoms with Gasteiger partial charge >= 0.3 is 0 Å². The van der Waals surface area contributed by atoms with Gasteiger partial charge in [0.1, 0.15) is 5.75 Å².